The van der Waals surface area contributed by atoms with Gasteiger partial charge in [-0.15, -0.1) is 0 Å². The van der Waals surface area contributed by atoms with E-state index in [-0.39, 0.29) is 0 Å². The van der Waals surface area contributed by atoms with E-state index < -0.39 is 10.0 Å². The van der Waals surface area contributed by atoms with Crippen molar-refractivity contribution in [2.45, 2.75) is 4.90 Å². The molecular weight excluding hydrogens is 284 g/mol. The smallest absolute Gasteiger partial charge is 0.270 e. The highest BCUT2D eigenvalue weighted by Gasteiger charge is 2.22. The number of hydrogen-bond donors (Lipinski definition) is 1. The molecule has 2 heterocycles. The topological polar surface area (TPSA) is 54.9 Å². The molecule has 0 atom stereocenters. The first kappa shape index (κ1) is 12.2. The molecule has 4 nitrogen and oxygen atoms in total. The first-order chi connectivity index (χ1) is 10.2. The summed E-state index contributed by atoms with van der Waals surface area (Å²) in [6.45, 7) is 0. The number of nitrogens with one attached hydrogen (secondary N) is 1. The number of nitrogens with zero attached hydrogens (tertiary/aromatic N) is 1. The van der Waals surface area contributed by atoms with Crippen molar-refractivity contribution in [3.05, 3.63) is 67.0 Å². The summed E-state index contributed by atoms with van der Waals surface area (Å²) >= 11 is 0. The second-order valence-electron chi connectivity index (χ2n) is 4.87. The predicted octanol–water partition coefficient (Wildman–Crippen LogP) is 3.36. The molecule has 0 bridgehead atoms. The minimum Gasteiger partial charge on any atom is -0.360 e. The van der Waals surface area contributed by atoms with Crippen molar-refractivity contribution in [2.75, 3.05) is 0 Å². The van der Waals surface area contributed by atoms with Gasteiger partial charge >= 0.3 is 0 Å². The molecule has 0 amide bonds. The summed E-state index contributed by atoms with van der Waals surface area (Å²) in [5, 5.41) is 1.61. The number of hydrogen-bond acceptors (Lipinski definition) is 2. The van der Waals surface area contributed by atoms with Gasteiger partial charge in [-0.25, -0.2) is 12.4 Å². The van der Waals surface area contributed by atoms with Crippen LogP contribution in [0, 0.1) is 0 Å². The Balaban J connectivity index is 2.02. The first-order valence-electron chi connectivity index (χ1n) is 6.56. The quantitative estimate of drug-likeness (QED) is 0.616. The monoisotopic (exact) mass is 296 g/mol. The summed E-state index contributed by atoms with van der Waals surface area (Å²) in [4.78, 5) is 3.30. The summed E-state index contributed by atoms with van der Waals surface area (Å²) in [6.07, 6.45) is 3.15. The number of benzene rings is 2. The Kier molecular flexibility index (Phi) is 2.46. The fourth-order valence-electron chi connectivity index (χ4n) is 2.63. The highest BCUT2D eigenvalue weighted by Crippen LogP contribution is 2.27. The molecule has 5 heteroatoms. The number of aromatic amines is 1. The molecule has 1 N–H and O–H groups in total. The van der Waals surface area contributed by atoms with Crippen LogP contribution in [0.5, 0.6) is 0 Å². The van der Waals surface area contributed by atoms with Gasteiger partial charge in [-0.05, 0) is 18.2 Å². The van der Waals surface area contributed by atoms with Crippen molar-refractivity contribution in [1.82, 2.24) is 8.96 Å². The van der Waals surface area contributed by atoms with Crippen molar-refractivity contribution in [1.29, 1.82) is 0 Å². The van der Waals surface area contributed by atoms with Crippen LogP contribution in [0.15, 0.2) is 71.9 Å². The Labute approximate surface area is 121 Å². The summed E-state index contributed by atoms with van der Waals surface area (Å²) in [6, 6.07) is 16.6. The van der Waals surface area contributed by atoms with Crippen LogP contribution in [0.1, 0.15) is 0 Å². The van der Waals surface area contributed by atoms with E-state index in [1.54, 1.807) is 12.4 Å². The lowest BCUT2D eigenvalue weighted by Crippen LogP contribution is -2.11. The zero-order valence-corrected chi connectivity index (χ0v) is 11.8. The van der Waals surface area contributed by atoms with Crippen molar-refractivity contribution in [2.24, 2.45) is 0 Å². The number of aromatic nitrogens is 2. The van der Waals surface area contributed by atoms with E-state index in [4.69, 9.17) is 0 Å². The molecule has 0 unspecified atom stereocenters. The number of rotatable bonds is 2. The summed E-state index contributed by atoms with van der Waals surface area (Å²) < 4.78 is 27.2. The van der Waals surface area contributed by atoms with Crippen LogP contribution in [0.25, 0.3) is 21.8 Å². The molecule has 0 aliphatic heterocycles. The van der Waals surface area contributed by atoms with Gasteiger partial charge in [-0.1, -0.05) is 36.4 Å². The van der Waals surface area contributed by atoms with Gasteiger partial charge in [0.2, 0.25) is 0 Å². The molecule has 0 aliphatic carbocycles. The van der Waals surface area contributed by atoms with Crippen molar-refractivity contribution < 1.29 is 8.42 Å². The van der Waals surface area contributed by atoms with Gasteiger partial charge in [-0.2, -0.15) is 0 Å². The Morgan fingerprint density at radius 3 is 2.57 bits per heavy atom. The average Bonchev–Trinajstić information content (AvgIpc) is 3.12. The van der Waals surface area contributed by atoms with Gasteiger partial charge in [0.15, 0.2) is 0 Å². The van der Waals surface area contributed by atoms with Crippen LogP contribution < -0.4 is 0 Å². The first-order valence-corrected chi connectivity index (χ1v) is 8.00. The Bertz CT molecular complexity index is 978. The fraction of sp³-hybridized carbons (Fsp3) is 0. The standard InChI is InChI=1S/C16H12N2O2S/c19-21(20,16-11-17-14-7-3-2-6-13(14)16)18-10-9-12-5-1-4-8-15(12)18/h1-11,17H. The third-order valence-corrected chi connectivity index (χ3v) is 5.38. The molecule has 0 saturated carbocycles. The molecule has 4 aromatic rings. The fourth-order valence-corrected chi connectivity index (χ4v) is 4.15. The lowest BCUT2D eigenvalue weighted by molar-refractivity contribution is 0.590. The summed E-state index contributed by atoms with van der Waals surface area (Å²) in [5.74, 6) is 0. The average molecular weight is 296 g/mol. The molecular formula is C16H12N2O2S. The van der Waals surface area contributed by atoms with Gasteiger partial charge < -0.3 is 4.98 Å². The lowest BCUT2D eigenvalue weighted by atomic mass is 10.2. The molecule has 0 saturated heterocycles. The lowest BCUT2D eigenvalue weighted by Gasteiger charge is -2.06. The predicted molar refractivity (Wildman–Crippen MR) is 82.8 cm³/mol. The second-order valence-corrected chi connectivity index (χ2v) is 6.66. The maximum Gasteiger partial charge on any atom is 0.270 e. The van der Waals surface area contributed by atoms with E-state index in [2.05, 4.69) is 4.98 Å². The maximum absolute atomic E-state index is 12.9. The van der Waals surface area contributed by atoms with Crippen LogP contribution >= 0.6 is 0 Å². The maximum atomic E-state index is 12.9. The Hall–Kier alpha value is -2.53. The molecule has 2 aromatic carbocycles. The van der Waals surface area contributed by atoms with Crippen LogP contribution in [0.3, 0.4) is 0 Å². The third-order valence-electron chi connectivity index (χ3n) is 3.65. The zero-order chi connectivity index (χ0) is 14.4. The highest BCUT2D eigenvalue weighted by molar-refractivity contribution is 7.90. The van der Waals surface area contributed by atoms with E-state index in [0.717, 1.165) is 10.9 Å². The van der Waals surface area contributed by atoms with Crippen LogP contribution in [0.4, 0.5) is 0 Å². The van der Waals surface area contributed by atoms with E-state index in [0.29, 0.717) is 15.8 Å². The van der Waals surface area contributed by atoms with E-state index in [1.807, 2.05) is 54.6 Å². The van der Waals surface area contributed by atoms with E-state index in [1.165, 1.54) is 3.97 Å². The van der Waals surface area contributed by atoms with Crippen molar-refractivity contribution >= 4 is 31.8 Å². The normalized spacial score (nSPS) is 12.2. The van der Waals surface area contributed by atoms with Crippen molar-refractivity contribution in [3.63, 3.8) is 0 Å². The van der Waals surface area contributed by atoms with Crippen LogP contribution in [-0.2, 0) is 10.0 Å². The number of fused-ring (bicyclic) bond motifs is 2. The largest absolute Gasteiger partial charge is 0.360 e. The molecule has 0 aliphatic rings. The second kappa shape index (κ2) is 4.23. The Morgan fingerprint density at radius 2 is 1.67 bits per heavy atom. The van der Waals surface area contributed by atoms with Gasteiger partial charge in [-0.3, -0.25) is 0 Å². The van der Waals surface area contributed by atoms with Crippen molar-refractivity contribution in [3.8, 4) is 0 Å². The summed E-state index contributed by atoms with van der Waals surface area (Å²) in [5.41, 5.74) is 1.50. The minimum atomic E-state index is -3.62. The minimum absolute atomic E-state index is 0.291. The molecule has 0 spiro atoms. The van der Waals surface area contributed by atoms with Crippen LogP contribution in [0.2, 0.25) is 0 Å². The van der Waals surface area contributed by atoms with Crippen LogP contribution in [-0.4, -0.2) is 17.4 Å². The number of para-hydroxylation sites is 2. The molecule has 4 rings (SSSR count). The third kappa shape index (κ3) is 1.71. The molecule has 0 radical (unpaired) electrons. The van der Waals surface area contributed by atoms with Gasteiger partial charge in [0, 0.05) is 28.7 Å². The zero-order valence-electron chi connectivity index (χ0n) is 11.0. The number of H-pyrrole nitrogens is 1. The Morgan fingerprint density at radius 1 is 0.905 bits per heavy atom. The van der Waals surface area contributed by atoms with E-state index in [9.17, 15) is 8.42 Å². The molecule has 21 heavy (non-hydrogen) atoms. The SMILES string of the molecule is O=S(=O)(c1c[nH]c2ccccc12)n1ccc2ccccc21. The molecule has 104 valence electrons. The molecule has 0 fully saturated rings. The molecule has 2 aromatic heterocycles. The summed E-state index contributed by atoms with van der Waals surface area (Å²) in [7, 11) is -3.62. The highest BCUT2D eigenvalue weighted by atomic mass is 32.2. The van der Waals surface area contributed by atoms with E-state index >= 15 is 0 Å². The van der Waals surface area contributed by atoms with Gasteiger partial charge in [0.25, 0.3) is 10.0 Å². The van der Waals surface area contributed by atoms with Gasteiger partial charge in [0.1, 0.15) is 4.90 Å². The van der Waals surface area contributed by atoms with Gasteiger partial charge in [0.05, 0.1) is 5.52 Å².